The van der Waals surface area contributed by atoms with Crippen LogP contribution in [0.25, 0.3) is 0 Å². The molecule has 2 rings (SSSR count). The summed E-state index contributed by atoms with van der Waals surface area (Å²) in [5.74, 6) is 0.185. The third-order valence-corrected chi connectivity index (χ3v) is 4.05. The van der Waals surface area contributed by atoms with Crippen LogP contribution in [0.15, 0.2) is 30.3 Å². The van der Waals surface area contributed by atoms with Gasteiger partial charge in [-0.1, -0.05) is 51.1 Å². The second kappa shape index (κ2) is 7.49. The lowest BCUT2D eigenvalue weighted by Crippen LogP contribution is -2.50. The van der Waals surface area contributed by atoms with Crippen molar-refractivity contribution in [1.82, 2.24) is 15.5 Å². The largest absolute Gasteiger partial charge is 0.342 e. The van der Waals surface area contributed by atoms with Gasteiger partial charge in [-0.25, -0.2) is 4.79 Å². The van der Waals surface area contributed by atoms with Crippen molar-refractivity contribution in [2.45, 2.75) is 46.2 Å². The number of nitrogens with one attached hydrogen (secondary N) is 2. The van der Waals surface area contributed by atoms with Crippen LogP contribution in [0, 0.1) is 5.41 Å². The topological polar surface area (TPSA) is 61.4 Å². The first kappa shape index (κ1) is 17.3. The van der Waals surface area contributed by atoms with Crippen LogP contribution in [0.4, 0.5) is 4.79 Å². The molecule has 5 heteroatoms. The summed E-state index contributed by atoms with van der Waals surface area (Å²) < 4.78 is 0. The Hall–Kier alpha value is -2.04. The Morgan fingerprint density at radius 2 is 1.74 bits per heavy atom. The Labute approximate surface area is 138 Å². The molecule has 126 valence electrons. The predicted molar refractivity (Wildman–Crippen MR) is 90.9 cm³/mol. The van der Waals surface area contributed by atoms with E-state index < -0.39 is 0 Å². The number of rotatable bonds is 3. The minimum absolute atomic E-state index is 0.134. The van der Waals surface area contributed by atoms with Gasteiger partial charge in [-0.15, -0.1) is 0 Å². The van der Waals surface area contributed by atoms with Gasteiger partial charge < -0.3 is 15.5 Å². The van der Waals surface area contributed by atoms with Crippen LogP contribution in [0.3, 0.4) is 0 Å². The molecule has 0 radical (unpaired) electrons. The average molecular weight is 317 g/mol. The molecule has 1 aromatic carbocycles. The summed E-state index contributed by atoms with van der Waals surface area (Å²) in [4.78, 5) is 26.1. The molecule has 0 unspecified atom stereocenters. The first-order valence-corrected chi connectivity index (χ1v) is 8.24. The number of hydrogen-bond donors (Lipinski definition) is 2. The molecule has 1 aromatic rings. The minimum Gasteiger partial charge on any atom is -0.342 e. The van der Waals surface area contributed by atoms with Crippen LogP contribution in [0.1, 0.15) is 39.2 Å². The smallest absolute Gasteiger partial charge is 0.315 e. The van der Waals surface area contributed by atoms with Gasteiger partial charge in [0.1, 0.15) is 0 Å². The number of likely N-dealkylation sites (tertiary alicyclic amines) is 1. The van der Waals surface area contributed by atoms with Crippen LogP contribution in [0.5, 0.6) is 0 Å². The van der Waals surface area contributed by atoms with Gasteiger partial charge >= 0.3 is 6.03 Å². The van der Waals surface area contributed by atoms with Crippen molar-refractivity contribution in [2.75, 3.05) is 13.1 Å². The maximum absolute atomic E-state index is 12.2. The summed E-state index contributed by atoms with van der Waals surface area (Å²) in [6.45, 7) is 7.76. The molecule has 0 aliphatic carbocycles. The molecule has 5 nitrogen and oxygen atoms in total. The van der Waals surface area contributed by atoms with Gasteiger partial charge in [-0.05, 0) is 18.4 Å². The van der Waals surface area contributed by atoms with Crippen molar-refractivity contribution < 1.29 is 9.59 Å². The molecule has 0 atom stereocenters. The Kier molecular flexibility index (Phi) is 5.64. The zero-order chi connectivity index (χ0) is 16.9. The van der Waals surface area contributed by atoms with Crippen LogP contribution in [-0.2, 0) is 11.3 Å². The lowest BCUT2D eigenvalue weighted by atomic mass is 9.93. The molecule has 1 heterocycles. The van der Waals surface area contributed by atoms with Gasteiger partial charge in [0, 0.05) is 31.1 Å². The van der Waals surface area contributed by atoms with Crippen LogP contribution >= 0.6 is 0 Å². The summed E-state index contributed by atoms with van der Waals surface area (Å²) in [5, 5.41) is 5.87. The molecule has 0 bridgehead atoms. The van der Waals surface area contributed by atoms with Gasteiger partial charge in [-0.2, -0.15) is 0 Å². The maximum Gasteiger partial charge on any atom is 0.315 e. The summed E-state index contributed by atoms with van der Waals surface area (Å²) in [7, 11) is 0. The molecule has 1 fully saturated rings. The van der Waals surface area contributed by atoms with Crippen LogP contribution < -0.4 is 10.6 Å². The van der Waals surface area contributed by atoms with E-state index in [1.165, 1.54) is 0 Å². The third-order valence-electron chi connectivity index (χ3n) is 4.05. The SMILES string of the molecule is CC(C)(C)C(=O)N1CCC(NC(=O)NCc2ccccc2)CC1. The quantitative estimate of drug-likeness (QED) is 0.900. The molecule has 1 saturated heterocycles. The van der Waals surface area contributed by atoms with Gasteiger partial charge in [-0.3, -0.25) is 4.79 Å². The normalized spacial score (nSPS) is 16.0. The third kappa shape index (κ3) is 5.27. The van der Waals surface area contributed by atoms with Gasteiger partial charge in [0.2, 0.25) is 5.91 Å². The van der Waals surface area contributed by atoms with Gasteiger partial charge in [0.05, 0.1) is 0 Å². The van der Waals surface area contributed by atoms with Crippen molar-refractivity contribution in [2.24, 2.45) is 5.41 Å². The molecular formula is C18H27N3O2. The Morgan fingerprint density at radius 1 is 1.13 bits per heavy atom. The standard InChI is InChI=1S/C18H27N3O2/c1-18(2,3)16(22)21-11-9-15(10-12-21)20-17(23)19-13-14-7-5-4-6-8-14/h4-8,15H,9-13H2,1-3H3,(H2,19,20,23). The van der Waals surface area contributed by atoms with E-state index in [1.54, 1.807) is 0 Å². The first-order chi connectivity index (χ1) is 10.9. The molecule has 0 saturated carbocycles. The highest BCUT2D eigenvalue weighted by Crippen LogP contribution is 2.20. The Balaban J connectivity index is 1.72. The number of amides is 3. The summed E-state index contributed by atoms with van der Waals surface area (Å²) in [5.41, 5.74) is 0.737. The second-order valence-corrected chi connectivity index (χ2v) is 7.13. The molecule has 23 heavy (non-hydrogen) atoms. The molecule has 1 aliphatic rings. The number of carbonyl (C=O) groups is 2. The second-order valence-electron chi connectivity index (χ2n) is 7.13. The fourth-order valence-corrected chi connectivity index (χ4v) is 2.72. The summed E-state index contributed by atoms with van der Waals surface area (Å²) >= 11 is 0. The van der Waals surface area contributed by atoms with E-state index >= 15 is 0 Å². The molecule has 3 amide bonds. The fourth-order valence-electron chi connectivity index (χ4n) is 2.72. The molecule has 1 aliphatic heterocycles. The number of piperidine rings is 1. The molecular weight excluding hydrogens is 290 g/mol. The highest BCUT2D eigenvalue weighted by Gasteiger charge is 2.30. The van der Waals surface area contributed by atoms with E-state index in [-0.39, 0.29) is 23.4 Å². The number of hydrogen-bond acceptors (Lipinski definition) is 2. The highest BCUT2D eigenvalue weighted by molar-refractivity contribution is 5.81. The van der Waals surface area contributed by atoms with Crippen molar-refractivity contribution >= 4 is 11.9 Å². The number of benzene rings is 1. The molecule has 0 aromatic heterocycles. The van der Waals surface area contributed by atoms with Crippen molar-refractivity contribution in [3.63, 3.8) is 0 Å². The van der Waals surface area contributed by atoms with Crippen molar-refractivity contribution in [3.8, 4) is 0 Å². The lowest BCUT2D eigenvalue weighted by molar-refractivity contribution is -0.140. The van der Waals surface area contributed by atoms with E-state index in [1.807, 2.05) is 56.0 Å². The maximum atomic E-state index is 12.2. The van der Waals surface area contributed by atoms with E-state index in [0.717, 1.165) is 18.4 Å². The molecule has 0 spiro atoms. The average Bonchev–Trinajstić information content (AvgIpc) is 2.53. The van der Waals surface area contributed by atoms with Gasteiger partial charge in [0.25, 0.3) is 0 Å². The van der Waals surface area contributed by atoms with E-state index in [4.69, 9.17) is 0 Å². The first-order valence-electron chi connectivity index (χ1n) is 8.24. The van der Waals surface area contributed by atoms with E-state index in [9.17, 15) is 9.59 Å². The van der Waals surface area contributed by atoms with Crippen molar-refractivity contribution in [3.05, 3.63) is 35.9 Å². The summed E-state index contributed by atoms with van der Waals surface area (Å²) in [6.07, 6.45) is 1.61. The number of carbonyl (C=O) groups excluding carboxylic acids is 2. The monoisotopic (exact) mass is 317 g/mol. The Morgan fingerprint density at radius 3 is 2.30 bits per heavy atom. The molecule has 2 N–H and O–H groups in total. The van der Waals surface area contributed by atoms with Crippen molar-refractivity contribution in [1.29, 1.82) is 0 Å². The van der Waals surface area contributed by atoms with E-state index in [2.05, 4.69) is 10.6 Å². The minimum atomic E-state index is -0.340. The van der Waals surface area contributed by atoms with Crippen LogP contribution in [0.2, 0.25) is 0 Å². The predicted octanol–water partition coefficient (Wildman–Crippen LogP) is 2.52. The highest BCUT2D eigenvalue weighted by atomic mass is 16.2. The summed E-state index contributed by atoms with van der Waals surface area (Å²) in [6, 6.07) is 9.82. The van der Waals surface area contributed by atoms with E-state index in [0.29, 0.717) is 19.6 Å². The lowest BCUT2D eigenvalue weighted by Gasteiger charge is -2.35. The van der Waals surface area contributed by atoms with Gasteiger partial charge in [0.15, 0.2) is 0 Å². The number of nitrogens with zero attached hydrogens (tertiary/aromatic N) is 1. The number of urea groups is 1. The zero-order valence-electron chi connectivity index (χ0n) is 14.3. The zero-order valence-corrected chi connectivity index (χ0v) is 14.3. The van der Waals surface area contributed by atoms with Crippen LogP contribution in [-0.4, -0.2) is 36.0 Å². The Bertz CT molecular complexity index is 529. The fraction of sp³-hybridized carbons (Fsp3) is 0.556.